The number of nitrogens with one attached hydrogen (secondary N) is 2. The first-order valence-electron chi connectivity index (χ1n) is 6.63. The van der Waals surface area contributed by atoms with Gasteiger partial charge < -0.3 is 10.6 Å². The summed E-state index contributed by atoms with van der Waals surface area (Å²) < 4.78 is 13.2. The van der Waals surface area contributed by atoms with Crippen molar-refractivity contribution in [3.8, 4) is 0 Å². The van der Waals surface area contributed by atoms with Gasteiger partial charge in [-0.3, -0.25) is 4.79 Å². The van der Waals surface area contributed by atoms with Gasteiger partial charge in [0, 0.05) is 11.4 Å². The normalized spacial score (nSPS) is 17.9. The van der Waals surface area contributed by atoms with Crippen LogP contribution in [0.1, 0.15) is 12.0 Å². The predicted octanol–water partition coefficient (Wildman–Crippen LogP) is 3.19. The van der Waals surface area contributed by atoms with E-state index < -0.39 is 0 Å². The van der Waals surface area contributed by atoms with E-state index in [1.807, 2.05) is 24.3 Å². The van der Waals surface area contributed by atoms with E-state index in [9.17, 15) is 9.18 Å². The number of rotatable bonds is 2. The van der Waals surface area contributed by atoms with Crippen LogP contribution in [-0.2, 0) is 11.2 Å². The molecule has 20 heavy (non-hydrogen) atoms. The molecule has 1 aliphatic rings. The molecule has 0 spiro atoms. The molecule has 0 bridgehead atoms. The zero-order chi connectivity index (χ0) is 13.9. The molecular weight excluding hydrogens is 255 g/mol. The van der Waals surface area contributed by atoms with E-state index >= 15 is 0 Å². The average Bonchev–Trinajstić information content (AvgIpc) is 2.59. The Balaban J connectivity index is 1.78. The smallest absolute Gasteiger partial charge is 0.246 e. The third-order valence-electron chi connectivity index (χ3n) is 3.46. The monoisotopic (exact) mass is 270 g/mol. The van der Waals surface area contributed by atoms with Crippen molar-refractivity contribution in [2.75, 3.05) is 10.6 Å². The van der Waals surface area contributed by atoms with Crippen LogP contribution in [0.3, 0.4) is 0 Å². The topological polar surface area (TPSA) is 41.1 Å². The first-order valence-corrected chi connectivity index (χ1v) is 6.63. The summed E-state index contributed by atoms with van der Waals surface area (Å²) in [4.78, 5) is 12.2. The predicted molar refractivity (Wildman–Crippen MR) is 77.2 cm³/mol. The SMILES string of the molecule is O=C1Nc2ccccc2CCC1Nc1cccc(F)c1. The molecule has 1 atom stereocenters. The van der Waals surface area contributed by atoms with Crippen LogP contribution in [0, 0.1) is 5.82 Å². The fraction of sp³-hybridized carbons (Fsp3) is 0.188. The third-order valence-corrected chi connectivity index (χ3v) is 3.46. The fourth-order valence-corrected chi connectivity index (χ4v) is 2.43. The molecule has 3 nitrogen and oxygen atoms in total. The van der Waals surface area contributed by atoms with Crippen molar-refractivity contribution in [3.05, 3.63) is 59.9 Å². The molecular formula is C16H15FN2O. The lowest BCUT2D eigenvalue weighted by molar-refractivity contribution is -0.116. The van der Waals surface area contributed by atoms with E-state index in [2.05, 4.69) is 10.6 Å². The molecule has 4 heteroatoms. The number of hydrogen-bond donors (Lipinski definition) is 2. The Kier molecular flexibility index (Phi) is 3.37. The maximum atomic E-state index is 13.2. The quantitative estimate of drug-likeness (QED) is 0.880. The molecule has 1 heterocycles. The van der Waals surface area contributed by atoms with E-state index in [4.69, 9.17) is 0 Å². The van der Waals surface area contributed by atoms with Crippen LogP contribution in [0.2, 0.25) is 0 Å². The molecule has 3 rings (SSSR count). The van der Waals surface area contributed by atoms with E-state index in [-0.39, 0.29) is 17.8 Å². The fourth-order valence-electron chi connectivity index (χ4n) is 2.43. The van der Waals surface area contributed by atoms with Crippen molar-refractivity contribution in [2.45, 2.75) is 18.9 Å². The lowest BCUT2D eigenvalue weighted by atomic mass is 10.1. The van der Waals surface area contributed by atoms with Crippen LogP contribution in [0.5, 0.6) is 0 Å². The Morgan fingerprint density at radius 2 is 2.00 bits per heavy atom. The van der Waals surface area contributed by atoms with Crippen LogP contribution in [0.15, 0.2) is 48.5 Å². The number of aryl methyl sites for hydroxylation is 1. The maximum Gasteiger partial charge on any atom is 0.246 e. The van der Waals surface area contributed by atoms with Gasteiger partial charge in [0.05, 0.1) is 0 Å². The second-order valence-electron chi connectivity index (χ2n) is 4.89. The zero-order valence-electron chi connectivity index (χ0n) is 10.9. The molecule has 0 fully saturated rings. The van der Waals surface area contributed by atoms with E-state index in [1.54, 1.807) is 12.1 Å². The molecule has 102 valence electrons. The molecule has 0 saturated carbocycles. The van der Waals surface area contributed by atoms with Gasteiger partial charge >= 0.3 is 0 Å². The molecule has 0 radical (unpaired) electrons. The van der Waals surface area contributed by atoms with Gasteiger partial charge in [-0.25, -0.2) is 4.39 Å². The summed E-state index contributed by atoms with van der Waals surface area (Å²) in [5.74, 6) is -0.397. The van der Waals surface area contributed by atoms with Gasteiger partial charge in [-0.15, -0.1) is 0 Å². The van der Waals surface area contributed by atoms with Crippen molar-refractivity contribution in [1.29, 1.82) is 0 Å². The first-order chi connectivity index (χ1) is 9.72. The summed E-state index contributed by atoms with van der Waals surface area (Å²) in [6.45, 7) is 0. The molecule has 0 aromatic heterocycles. The van der Waals surface area contributed by atoms with Crippen LogP contribution in [0.4, 0.5) is 15.8 Å². The summed E-state index contributed by atoms with van der Waals surface area (Å²) >= 11 is 0. The van der Waals surface area contributed by atoms with E-state index in [0.717, 1.165) is 17.7 Å². The van der Waals surface area contributed by atoms with Crippen LogP contribution in [0.25, 0.3) is 0 Å². The van der Waals surface area contributed by atoms with Gasteiger partial charge in [0.15, 0.2) is 0 Å². The Morgan fingerprint density at radius 3 is 2.85 bits per heavy atom. The zero-order valence-corrected chi connectivity index (χ0v) is 10.9. The van der Waals surface area contributed by atoms with Crippen molar-refractivity contribution in [3.63, 3.8) is 0 Å². The molecule has 2 N–H and O–H groups in total. The highest BCUT2D eigenvalue weighted by atomic mass is 19.1. The maximum absolute atomic E-state index is 13.2. The summed E-state index contributed by atoms with van der Waals surface area (Å²) in [6.07, 6.45) is 1.49. The Labute approximate surface area is 116 Å². The first kappa shape index (κ1) is 12.7. The Hall–Kier alpha value is -2.36. The van der Waals surface area contributed by atoms with Crippen molar-refractivity contribution >= 4 is 17.3 Å². The van der Waals surface area contributed by atoms with Gasteiger partial charge in [0.25, 0.3) is 0 Å². The van der Waals surface area contributed by atoms with Crippen molar-refractivity contribution in [1.82, 2.24) is 0 Å². The lowest BCUT2D eigenvalue weighted by Gasteiger charge is -2.16. The molecule has 1 amide bonds. The highest BCUT2D eigenvalue weighted by molar-refractivity contribution is 5.97. The minimum Gasteiger partial charge on any atom is -0.374 e. The number of fused-ring (bicyclic) bond motifs is 1. The number of carbonyl (C=O) groups excluding carboxylic acids is 1. The standard InChI is InChI=1S/C16H15FN2O/c17-12-5-3-6-13(10-12)18-15-9-8-11-4-1-2-7-14(11)19-16(15)20/h1-7,10,15,18H,8-9H2,(H,19,20). The number of halogens is 1. The van der Waals surface area contributed by atoms with Gasteiger partial charge in [0.1, 0.15) is 11.9 Å². The summed E-state index contributed by atoms with van der Waals surface area (Å²) in [5, 5.41) is 6.01. The summed E-state index contributed by atoms with van der Waals surface area (Å²) in [5.41, 5.74) is 2.61. The Bertz CT molecular complexity index is 642. The molecule has 2 aromatic carbocycles. The van der Waals surface area contributed by atoms with E-state index in [0.29, 0.717) is 12.1 Å². The molecule has 1 unspecified atom stereocenters. The van der Waals surface area contributed by atoms with Crippen molar-refractivity contribution < 1.29 is 9.18 Å². The largest absolute Gasteiger partial charge is 0.374 e. The van der Waals surface area contributed by atoms with Crippen LogP contribution in [-0.4, -0.2) is 11.9 Å². The highest BCUT2D eigenvalue weighted by Gasteiger charge is 2.23. The second kappa shape index (κ2) is 5.33. The van der Waals surface area contributed by atoms with Crippen molar-refractivity contribution in [2.24, 2.45) is 0 Å². The van der Waals surface area contributed by atoms with Gasteiger partial charge in [0.2, 0.25) is 5.91 Å². The summed E-state index contributed by atoms with van der Waals surface area (Å²) in [6, 6.07) is 13.6. The van der Waals surface area contributed by atoms with Gasteiger partial charge in [-0.1, -0.05) is 24.3 Å². The van der Waals surface area contributed by atoms with Crippen LogP contribution >= 0.6 is 0 Å². The van der Waals surface area contributed by atoms with Gasteiger partial charge in [-0.05, 0) is 42.7 Å². The third kappa shape index (κ3) is 2.64. The molecule has 2 aromatic rings. The number of amides is 1. The second-order valence-corrected chi connectivity index (χ2v) is 4.89. The molecule has 0 saturated heterocycles. The summed E-state index contributed by atoms with van der Waals surface area (Å²) in [7, 11) is 0. The number of hydrogen-bond acceptors (Lipinski definition) is 2. The molecule has 0 aliphatic carbocycles. The molecule has 1 aliphatic heterocycles. The highest BCUT2D eigenvalue weighted by Crippen LogP contribution is 2.23. The van der Waals surface area contributed by atoms with Crippen LogP contribution < -0.4 is 10.6 Å². The average molecular weight is 270 g/mol. The number of para-hydroxylation sites is 1. The number of benzene rings is 2. The number of carbonyl (C=O) groups is 1. The minimum absolute atomic E-state index is 0.0841. The Morgan fingerprint density at radius 1 is 1.15 bits per heavy atom. The van der Waals surface area contributed by atoms with E-state index in [1.165, 1.54) is 12.1 Å². The van der Waals surface area contributed by atoms with Gasteiger partial charge in [-0.2, -0.15) is 0 Å². The number of anilines is 2. The minimum atomic E-state index is -0.357. The lowest BCUT2D eigenvalue weighted by Crippen LogP contribution is -2.33.